The van der Waals surface area contributed by atoms with Crippen molar-refractivity contribution < 1.29 is 4.39 Å². The van der Waals surface area contributed by atoms with Crippen molar-refractivity contribution in [2.24, 2.45) is 7.05 Å². The molecular formula is C19H20ClFN4O2. The van der Waals surface area contributed by atoms with E-state index in [0.717, 1.165) is 10.1 Å². The SMILES string of the molecule is CC(C)=CCn1c(Cl)nc2c1c(=O)n(CCc1ccccc1F)c(=O)n2C. The fourth-order valence-corrected chi connectivity index (χ4v) is 3.15. The molecule has 0 unspecified atom stereocenters. The molecule has 0 spiro atoms. The second kappa shape index (κ2) is 7.52. The van der Waals surface area contributed by atoms with E-state index in [-0.39, 0.29) is 35.2 Å². The third-order valence-electron chi connectivity index (χ3n) is 4.43. The minimum atomic E-state index is -0.507. The summed E-state index contributed by atoms with van der Waals surface area (Å²) in [5.74, 6) is -0.361. The number of hydrogen-bond donors (Lipinski definition) is 0. The maximum absolute atomic E-state index is 13.9. The Labute approximate surface area is 160 Å². The average Bonchev–Trinajstić information content (AvgIpc) is 2.96. The molecular weight excluding hydrogens is 371 g/mol. The van der Waals surface area contributed by atoms with Crippen LogP contribution in [0.5, 0.6) is 0 Å². The number of allylic oxidation sites excluding steroid dienone is 2. The van der Waals surface area contributed by atoms with E-state index in [9.17, 15) is 14.0 Å². The van der Waals surface area contributed by atoms with Crippen molar-refractivity contribution in [2.45, 2.75) is 33.4 Å². The molecule has 3 aromatic rings. The number of hydrogen-bond acceptors (Lipinski definition) is 3. The summed E-state index contributed by atoms with van der Waals surface area (Å²) < 4.78 is 17.8. The number of imidazole rings is 1. The van der Waals surface area contributed by atoms with Gasteiger partial charge >= 0.3 is 5.69 Å². The molecule has 0 aliphatic heterocycles. The summed E-state index contributed by atoms with van der Waals surface area (Å²) in [5.41, 5.74) is 1.02. The largest absolute Gasteiger partial charge is 0.332 e. The first kappa shape index (κ1) is 19.1. The topological polar surface area (TPSA) is 61.8 Å². The van der Waals surface area contributed by atoms with Gasteiger partial charge in [0.25, 0.3) is 5.56 Å². The predicted molar refractivity (Wildman–Crippen MR) is 104 cm³/mol. The predicted octanol–water partition coefficient (Wildman–Crippen LogP) is 2.90. The van der Waals surface area contributed by atoms with Crippen LogP contribution >= 0.6 is 11.6 Å². The molecule has 0 aliphatic carbocycles. The highest BCUT2D eigenvalue weighted by atomic mass is 35.5. The molecule has 0 aliphatic rings. The second-order valence-corrected chi connectivity index (χ2v) is 6.92. The molecule has 6 nitrogen and oxygen atoms in total. The van der Waals surface area contributed by atoms with E-state index in [1.165, 1.54) is 17.7 Å². The van der Waals surface area contributed by atoms with Gasteiger partial charge in [0, 0.05) is 20.1 Å². The van der Waals surface area contributed by atoms with Crippen LogP contribution < -0.4 is 11.2 Å². The summed E-state index contributed by atoms with van der Waals surface area (Å²) in [4.78, 5) is 29.8. The van der Waals surface area contributed by atoms with Gasteiger partial charge in [-0.05, 0) is 43.5 Å². The Bertz CT molecular complexity index is 1150. The number of nitrogens with zero attached hydrogens (tertiary/aromatic N) is 4. The molecule has 0 fully saturated rings. The van der Waals surface area contributed by atoms with Gasteiger partial charge in [0.05, 0.1) is 0 Å². The lowest BCUT2D eigenvalue weighted by Gasteiger charge is -2.10. The third-order valence-corrected chi connectivity index (χ3v) is 4.72. The highest BCUT2D eigenvalue weighted by molar-refractivity contribution is 6.29. The van der Waals surface area contributed by atoms with Crippen LogP contribution in [0.3, 0.4) is 0 Å². The molecule has 0 saturated heterocycles. The van der Waals surface area contributed by atoms with Gasteiger partial charge in [-0.3, -0.25) is 13.9 Å². The number of halogens is 2. The zero-order chi connectivity index (χ0) is 19.7. The second-order valence-electron chi connectivity index (χ2n) is 6.58. The summed E-state index contributed by atoms with van der Waals surface area (Å²) >= 11 is 6.20. The lowest BCUT2D eigenvalue weighted by atomic mass is 10.1. The van der Waals surface area contributed by atoms with Gasteiger partial charge in [0.15, 0.2) is 11.2 Å². The van der Waals surface area contributed by atoms with E-state index in [4.69, 9.17) is 11.6 Å². The van der Waals surface area contributed by atoms with E-state index >= 15 is 0 Å². The van der Waals surface area contributed by atoms with E-state index < -0.39 is 11.2 Å². The van der Waals surface area contributed by atoms with Crippen LogP contribution in [0.1, 0.15) is 19.4 Å². The van der Waals surface area contributed by atoms with Gasteiger partial charge in [-0.1, -0.05) is 29.8 Å². The Morgan fingerprint density at radius 1 is 1.22 bits per heavy atom. The first-order valence-corrected chi connectivity index (χ1v) is 8.91. The number of aromatic nitrogens is 4. The normalized spacial score (nSPS) is 11.1. The number of fused-ring (bicyclic) bond motifs is 1. The van der Waals surface area contributed by atoms with Crippen molar-refractivity contribution in [1.82, 2.24) is 18.7 Å². The monoisotopic (exact) mass is 390 g/mol. The Kier molecular flexibility index (Phi) is 5.32. The number of benzene rings is 1. The molecule has 0 saturated carbocycles. The van der Waals surface area contributed by atoms with Crippen LogP contribution in [-0.4, -0.2) is 18.7 Å². The van der Waals surface area contributed by atoms with Crippen LogP contribution in [0.25, 0.3) is 11.2 Å². The van der Waals surface area contributed by atoms with Gasteiger partial charge in [-0.25, -0.2) is 9.18 Å². The van der Waals surface area contributed by atoms with Crippen molar-refractivity contribution in [2.75, 3.05) is 0 Å². The average molecular weight is 391 g/mol. The minimum absolute atomic E-state index is 0.0633. The quantitative estimate of drug-likeness (QED) is 0.497. The molecule has 1 aromatic carbocycles. The molecule has 142 valence electrons. The number of aryl methyl sites for hydroxylation is 2. The lowest BCUT2D eigenvalue weighted by molar-refractivity contribution is 0.568. The molecule has 3 rings (SSSR count). The molecule has 0 radical (unpaired) electrons. The van der Waals surface area contributed by atoms with Crippen molar-refractivity contribution in [3.63, 3.8) is 0 Å². The molecule has 0 N–H and O–H groups in total. The van der Waals surface area contributed by atoms with E-state index in [1.54, 1.807) is 22.8 Å². The van der Waals surface area contributed by atoms with Gasteiger partial charge in [-0.15, -0.1) is 0 Å². The maximum atomic E-state index is 13.9. The first-order valence-electron chi connectivity index (χ1n) is 8.53. The summed E-state index contributed by atoms with van der Waals surface area (Å²) in [5, 5.41) is 0.140. The van der Waals surface area contributed by atoms with Crippen LogP contribution in [0.4, 0.5) is 4.39 Å². The Morgan fingerprint density at radius 3 is 2.59 bits per heavy atom. The van der Waals surface area contributed by atoms with Crippen molar-refractivity contribution in [1.29, 1.82) is 0 Å². The van der Waals surface area contributed by atoms with Gasteiger partial charge in [0.2, 0.25) is 5.28 Å². The standard InChI is InChI=1S/C19H20ClFN4O2/c1-12(2)8-10-24-15-16(22-18(24)20)23(3)19(27)25(17(15)26)11-9-13-6-4-5-7-14(13)21/h4-8H,9-11H2,1-3H3. The van der Waals surface area contributed by atoms with Gasteiger partial charge < -0.3 is 4.57 Å². The highest BCUT2D eigenvalue weighted by Gasteiger charge is 2.19. The molecule has 27 heavy (non-hydrogen) atoms. The van der Waals surface area contributed by atoms with Crippen LogP contribution in [0.2, 0.25) is 5.28 Å². The van der Waals surface area contributed by atoms with Crippen LogP contribution in [-0.2, 0) is 26.6 Å². The zero-order valence-corrected chi connectivity index (χ0v) is 16.1. The molecule has 0 amide bonds. The summed E-state index contributed by atoms with van der Waals surface area (Å²) in [6, 6.07) is 6.31. The van der Waals surface area contributed by atoms with E-state index in [0.29, 0.717) is 12.1 Å². The summed E-state index contributed by atoms with van der Waals surface area (Å²) in [6.45, 7) is 4.32. The van der Waals surface area contributed by atoms with Crippen molar-refractivity contribution in [3.8, 4) is 0 Å². The smallest absolute Gasteiger partial charge is 0.305 e. The first-order chi connectivity index (χ1) is 12.8. The van der Waals surface area contributed by atoms with Gasteiger partial charge in [0.1, 0.15) is 5.82 Å². The van der Waals surface area contributed by atoms with E-state index in [2.05, 4.69) is 4.98 Å². The van der Waals surface area contributed by atoms with E-state index in [1.807, 2.05) is 19.9 Å². The van der Waals surface area contributed by atoms with Crippen molar-refractivity contribution >= 4 is 22.8 Å². The Hall–Kier alpha value is -2.67. The zero-order valence-electron chi connectivity index (χ0n) is 15.4. The van der Waals surface area contributed by atoms with Crippen LogP contribution in [0, 0.1) is 5.82 Å². The summed E-state index contributed by atoms with van der Waals surface area (Å²) in [6.07, 6.45) is 2.14. The Balaban J connectivity index is 2.12. The summed E-state index contributed by atoms with van der Waals surface area (Å²) in [7, 11) is 1.54. The van der Waals surface area contributed by atoms with Crippen LogP contribution in [0.15, 0.2) is 45.5 Å². The Morgan fingerprint density at radius 2 is 1.93 bits per heavy atom. The molecule has 2 heterocycles. The number of rotatable bonds is 5. The third kappa shape index (κ3) is 3.60. The fourth-order valence-electron chi connectivity index (χ4n) is 2.92. The molecule has 0 bridgehead atoms. The minimum Gasteiger partial charge on any atom is -0.305 e. The lowest BCUT2D eigenvalue weighted by Crippen LogP contribution is -2.40. The fraction of sp³-hybridized carbons (Fsp3) is 0.316. The maximum Gasteiger partial charge on any atom is 0.332 e. The van der Waals surface area contributed by atoms with Crippen molar-refractivity contribution in [3.05, 3.63) is 73.4 Å². The molecule has 2 aromatic heterocycles. The molecule has 8 heteroatoms. The van der Waals surface area contributed by atoms with Gasteiger partial charge in [-0.2, -0.15) is 4.98 Å². The molecule has 0 atom stereocenters. The highest BCUT2D eigenvalue weighted by Crippen LogP contribution is 2.16.